The number of nitrogens with zero attached hydrogens (tertiary/aromatic N) is 2. The zero-order chi connectivity index (χ0) is 22.1. The molecule has 2 rings (SSSR count). The summed E-state index contributed by atoms with van der Waals surface area (Å²) in [4.78, 5) is 6.44. The first kappa shape index (κ1) is 23.8. The summed E-state index contributed by atoms with van der Waals surface area (Å²) in [6, 6.07) is 12.5. The molecule has 164 valence electrons. The monoisotopic (exact) mass is 434 g/mol. The third-order valence-electron chi connectivity index (χ3n) is 4.70. The molecular weight excluding hydrogens is 403 g/mol. The number of rotatable bonds is 9. The van der Waals surface area contributed by atoms with E-state index in [1.54, 1.807) is 7.05 Å². The fourth-order valence-corrected chi connectivity index (χ4v) is 3.88. The van der Waals surface area contributed by atoms with E-state index in [9.17, 15) is 12.8 Å². The number of nitrogens with one attached hydrogen (secondary N) is 2. The Bertz CT molecular complexity index is 977. The lowest BCUT2D eigenvalue weighted by molar-refractivity contribution is 0.345. The van der Waals surface area contributed by atoms with Crippen LogP contribution in [-0.4, -0.2) is 46.2 Å². The first-order chi connectivity index (χ1) is 14.2. The van der Waals surface area contributed by atoms with Crippen LogP contribution in [0, 0.1) is 5.82 Å². The lowest BCUT2D eigenvalue weighted by Crippen LogP contribution is -2.36. The Kier molecular flexibility index (Phi) is 8.80. The molecule has 0 heterocycles. The maximum atomic E-state index is 13.7. The van der Waals surface area contributed by atoms with Crippen molar-refractivity contribution in [3.05, 3.63) is 70.5 Å². The summed E-state index contributed by atoms with van der Waals surface area (Å²) < 4.78 is 37.0. The number of hydrogen-bond acceptors (Lipinski definition) is 4. The van der Waals surface area contributed by atoms with E-state index in [2.05, 4.69) is 46.6 Å². The molecule has 0 fully saturated rings. The second-order valence-corrected chi connectivity index (χ2v) is 9.55. The standard InChI is InChI=1S/C22H31FN4O2S/c1-5-27(3)15-18-8-6-7-17(11-18)13-25-22(24-2)26-14-20-12-21(23)10-9-19(20)16-30(4,28)29/h6-12H,5,13-16H2,1-4H3,(H2,24,25,26). The van der Waals surface area contributed by atoms with Gasteiger partial charge < -0.3 is 15.5 Å². The van der Waals surface area contributed by atoms with Gasteiger partial charge in [0, 0.05) is 32.9 Å². The molecule has 0 bridgehead atoms. The van der Waals surface area contributed by atoms with Crippen molar-refractivity contribution < 1.29 is 12.8 Å². The lowest BCUT2D eigenvalue weighted by Gasteiger charge is -2.16. The molecule has 0 radical (unpaired) electrons. The van der Waals surface area contributed by atoms with Crippen LogP contribution in [0.3, 0.4) is 0 Å². The Labute approximate surface area is 179 Å². The molecule has 2 aromatic rings. The van der Waals surface area contributed by atoms with E-state index in [0.717, 1.165) is 18.7 Å². The van der Waals surface area contributed by atoms with Gasteiger partial charge in [-0.15, -0.1) is 0 Å². The van der Waals surface area contributed by atoms with Gasteiger partial charge in [0.15, 0.2) is 15.8 Å². The number of sulfone groups is 1. The van der Waals surface area contributed by atoms with Crippen LogP contribution in [0.5, 0.6) is 0 Å². The lowest BCUT2D eigenvalue weighted by atomic mass is 10.1. The zero-order valence-corrected chi connectivity index (χ0v) is 18.9. The van der Waals surface area contributed by atoms with Gasteiger partial charge in [-0.1, -0.05) is 37.3 Å². The predicted molar refractivity (Wildman–Crippen MR) is 120 cm³/mol. The van der Waals surface area contributed by atoms with Crippen LogP contribution in [0.2, 0.25) is 0 Å². The van der Waals surface area contributed by atoms with Crippen LogP contribution < -0.4 is 10.6 Å². The molecule has 0 aliphatic rings. The van der Waals surface area contributed by atoms with Crippen molar-refractivity contribution >= 4 is 15.8 Å². The number of hydrogen-bond donors (Lipinski definition) is 2. The van der Waals surface area contributed by atoms with E-state index < -0.39 is 15.7 Å². The second-order valence-electron chi connectivity index (χ2n) is 7.41. The number of aliphatic imine (C=N–C) groups is 1. The zero-order valence-electron chi connectivity index (χ0n) is 18.1. The summed E-state index contributed by atoms with van der Waals surface area (Å²) in [5.41, 5.74) is 3.54. The van der Waals surface area contributed by atoms with Gasteiger partial charge in [-0.2, -0.15) is 0 Å². The van der Waals surface area contributed by atoms with Gasteiger partial charge in [0.25, 0.3) is 0 Å². The highest BCUT2D eigenvalue weighted by molar-refractivity contribution is 7.89. The smallest absolute Gasteiger partial charge is 0.191 e. The van der Waals surface area contributed by atoms with Crippen molar-refractivity contribution in [1.82, 2.24) is 15.5 Å². The first-order valence-electron chi connectivity index (χ1n) is 9.86. The van der Waals surface area contributed by atoms with Crippen molar-refractivity contribution in [2.24, 2.45) is 4.99 Å². The Morgan fingerprint density at radius 1 is 1.07 bits per heavy atom. The van der Waals surface area contributed by atoms with Crippen LogP contribution in [0.15, 0.2) is 47.5 Å². The molecule has 0 saturated heterocycles. The minimum Gasteiger partial charge on any atom is -0.352 e. The predicted octanol–water partition coefficient (Wildman–Crippen LogP) is 2.69. The molecule has 0 atom stereocenters. The minimum absolute atomic E-state index is 0.130. The maximum absolute atomic E-state index is 13.7. The highest BCUT2D eigenvalue weighted by atomic mass is 32.2. The number of benzene rings is 2. The molecule has 0 unspecified atom stereocenters. The molecule has 0 aromatic heterocycles. The van der Waals surface area contributed by atoms with Crippen molar-refractivity contribution in [3.63, 3.8) is 0 Å². The number of halogens is 1. The van der Waals surface area contributed by atoms with Crippen molar-refractivity contribution in [2.45, 2.75) is 32.3 Å². The topological polar surface area (TPSA) is 73.8 Å². The summed E-state index contributed by atoms with van der Waals surface area (Å²) in [6.07, 6.45) is 1.17. The van der Waals surface area contributed by atoms with E-state index in [1.165, 1.54) is 30.0 Å². The third-order valence-corrected chi connectivity index (χ3v) is 5.53. The Hall–Kier alpha value is -2.45. The highest BCUT2D eigenvalue weighted by Gasteiger charge is 2.11. The summed E-state index contributed by atoms with van der Waals surface area (Å²) in [5, 5.41) is 6.38. The van der Waals surface area contributed by atoms with Crippen LogP contribution in [0.25, 0.3) is 0 Å². The van der Waals surface area contributed by atoms with E-state index in [4.69, 9.17) is 0 Å². The average Bonchev–Trinajstić information content (AvgIpc) is 2.69. The molecule has 0 spiro atoms. The molecule has 2 aromatic carbocycles. The highest BCUT2D eigenvalue weighted by Crippen LogP contribution is 2.14. The fraction of sp³-hybridized carbons (Fsp3) is 0.409. The molecule has 0 aliphatic heterocycles. The van der Waals surface area contributed by atoms with Gasteiger partial charge in [-0.05, 0) is 48.0 Å². The summed E-state index contributed by atoms with van der Waals surface area (Å²) in [6.45, 7) is 4.85. The molecule has 30 heavy (non-hydrogen) atoms. The van der Waals surface area contributed by atoms with Gasteiger partial charge >= 0.3 is 0 Å². The molecule has 6 nitrogen and oxygen atoms in total. The largest absolute Gasteiger partial charge is 0.352 e. The molecular formula is C22H31FN4O2S. The van der Waals surface area contributed by atoms with Gasteiger partial charge in [-0.3, -0.25) is 4.99 Å². The third kappa shape index (κ3) is 8.12. The van der Waals surface area contributed by atoms with Crippen molar-refractivity contribution in [2.75, 3.05) is 26.9 Å². The van der Waals surface area contributed by atoms with E-state index in [1.807, 2.05) is 12.1 Å². The van der Waals surface area contributed by atoms with E-state index >= 15 is 0 Å². The number of guanidine groups is 1. The van der Waals surface area contributed by atoms with Crippen LogP contribution in [0.4, 0.5) is 4.39 Å². The van der Waals surface area contributed by atoms with Crippen molar-refractivity contribution in [1.29, 1.82) is 0 Å². The van der Waals surface area contributed by atoms with Gasteiger partial charge in [-0.25, -0.2) is 12.8 Å². The van der Waals surface area contributed by atoms with Crippen molar-refractivity contribution in [3.8, 4) is 0 Å². The Morgan fingerprint density at radius 2 is 1.77 bits per heavy atom. The first-order valence-corrected chi connectivity index (χ1v) is 11.9. The average molecular weight is 435 g/mol. The minimum atomic E-state index is -3.22. The fourth-order valence-electron chi connectivity index (χ4n) is 3.03. The summed E-state index contributed by atoms with van der Waals surface area (Å²) >= 11 is 0. The molecule has 8 heteroatoms. The Morgan fingerprint density at radius 3 is 2.43 bits per heavy atom. The second kappa shape index (κ2) is 11.1. The maximum Gasteiger partial charge on any atom is 0.191 e. The quantitative estimate of drug-likeness (QED) is 0.469. The SMILES string of the molecule is CCN(C)Cc1cccc(CNC(=NC)NCc2cc(F)ccc2CS(C)(=O)=O)c1. The Balaban J connectivity index is 1.99. The molecule has 0 saturated carbocycles. The van der Waals surface area contributed by atoms with E-state index in [0.29, 0.717) is 23.6 Å². The summed E-state index contributed by atoms with van der Waals surface area (Å²) in [7, 11) is 0.525. The van der Waals surface area contributed by atoms with Crippen LogP contribution >= 0.6 is 0 Å². The summed E-state index contributed by atoms with van der Waals surface area (Å²) in [5.74, 6) is 0.0245. The normalized spacial score (nSPS) is 12.3. The van der Waals surface area contributed by atoms with Gasteiger partial charge in [0.05, 0.1) is 5.75 Å². The van der Waals surface area contributed by atoms with Crippen LogP contribution in [-0.2, 0) is 35.2 Å². The molecule has 2 N–H and O–H groups in total. The molecule has 0 aliphatic carbocycles. The van der Waals surface area contributed by atoms with Gasteiger partial charge in [0.1, 0.15) is 5.82 Å². The van der Waals surface area contributed by atoms with E-state index in [-0.39, 0.29) is 12.3 Å². The molecule has 0 amide bonds. The van der Waals surface area contributed by atoms with Crippen LogP contribution in [0.1, 0.15) is 29.2 Å². The van der Waals surface area contributed by atoms with Gasteiger partial charge in [0.2, 0.25) is 0 Å².